The lowest BCUT2D eigenvalue weighted by atomic mass is 10.2. The van der Waals surface area contributed by atoms with E-state index in [1.165, 1.54) is 24.4 Å². The molecule has 2 unspecified atom stereocenters. The van der Waals surface area contributed by atoms with Gasteiger partial charge in [0.15, 0.2) is 0 Å². The number of morpholine rings is 1. The number of carbonyl (C=O) groups is 1. The minimum Gasteiger partial charge on any atom is -0.372 e. The third-order valence-electron chi connectivity index (χ3n) is 3.69. The lowest BCUT2D eigenvalue weighted by Crippen LogP contribution is -2.45. The van der Waals surface area contributed by atoms with Gasteiger partial charge in [0.05, 0.1) is 12.2 Å². The number of hydrogen-bond donors (Lipinski definition) is 1. The SMILES string of the molecule is Cc1cc(C(=O)NCCN2CC3CCC(C2)O3)ns1. The van der Waals surface area contributed by atoms with Crippen LogP contribution in [-0.2, 0) is 4.74 Å². The summed E-state index contributed by atoms with van der Waals surface area (Å²) in [4.78, 5) is 15.3. The van der Waals surface area contributed by atoms with Crippen molar-refractivity contribution in [3.63, 3.8) is 0 Å². The van der Waals surface area contributed by atoms with E-state index in [0.29, 0.717) is 24.4 Å². The van der Waals surface area contributed by atoms with Crippen LogP contribution in [0.4, 0.5) is 0 Å². The van der Waals surface area contributed by atoms with E-state index < -0.39 is 0 Å². The number of ether oxygens (including phenoxy) is 1. The minimum atomic E-state index is -0.0689. The van der Waals surface area contributed by atoms with Crippen molar-refractivity contribution in [3.8, 4) is 0 Å². The number of likely N-dealkylation sites (tertiary alicyclic amines) is 1. The van der Waals surface area contributed by atoms with E-state index in [0.717, 1.165) is 24.5 Å². The number of hydrogen-bond acceptors (Lipinski definition) is 5. The summed E-state index contributed by atoms with van der Waals surface area (Å²) < 4.78 is 9.90. The molecular formula is C13H19N3O2S. The second kappa shape index (κ2) is 5.56. The Balaban J connectivity index is 1.42. The molecule has 2 aliphatic rings. The third kappa shape index (κ3) is 3.13. The average Bonchev–Trinajstić information content (AvgIpc) is 2.96. The molecule has 0 aliphatic carbocycles. The second-order valence-electron chi connectivity index (χ2n) is 5.30. The molecule has 2 aliphatic heterocycles. The van der Waals surface area contributed by atoms with Crippen LogP contribution in [0.1, 0.15) is 28.2 Å². The quantitative estimate of drug-likeness (QED) is 0.896. The van der Waals surface area contributed by atoms with Crippen LogP contribution in [0, 0.1) is 6.92 Å². The number of amides is 1. The molecule has 3 heterocycles. The lowest BCUT2D eigenvalue weighted by Gasteiger charge is -2.31. The molecule has 1 amide bonds. The van der Waals surface area contributed by atoms with E-state index in [1.807, 2.05) is 13.0 Å². The molecule has 1 aromatic rings. The predicted molar refractivity (Wildman–Crippen MR) is 73.5 cm³/mol. The van der Waals surface area contributed by atoms with Crippen molar-refractivity contribution in [1.29, 1.82) is 0 Å². The van der Waals surface area contributed by atoms with Crippen molar-refractivity contribution in [2.24, 2.45) is 0 Å². The maximum atomic E-state index is 11.8. The highest BCUT2D eigenvalue weighted by molar-refractivity contribution is 7.05. The minimum absolute atomic E-state index is 0.0689. The lowest BCUT2D eigenvalue weighted by molar-refractivity contribution is -0.0375. The van der Waals surface area contributed by atoms with Crippen LogP contribution in [0.5, 0.6) is 0 Å². The van der Waals surface area contributed by atoms with E-state index >= 15 is 0 Å². The van der Waals surface area contributed by atoms with E-state index in [1.54, 1.807) is 0 Å². The summed E-state index contributed by atoms with van der Waals surface area (Å²) in [5, 5.41) is 2.93. The van der Waals surface area contributed by atoms with Gasteiger partial charge in [-0.25, -0.2) is 0 Å². The van der Waals surface area contributed by atoms with Crippen LogP contribution in [0.3, 0.4) is 0 Å². The molecule has 104 valence electrons. The molecule has 3 rings (SSSR count). The number of aromatic nitrogens is 1. The summed E-state index contributed by atoms with van der Waals surface area (Å²) in [5.41, 5.74) is 0.532. The largest absolute Gasteiger partial charge is 0.372 e. The van der Waals surface area contributed by atoms with Gasteiger partial charge < -0.3 is 10.1 Å². The van der Waals surface area contributed by atoms with Gasteiger partial charge in [0.25, 0.3) is 5.91 Å². The maximum absolute atomic E-state index is 11.8. The molecule has 0 saturated carbocycles. The average molecular weight is 281 g/mol. The topological polar surface area (TPSA) is 54.5 Å². The summed E-state index contributed by atoms with van der Waals surface area (Å²) in [6.07, 6.45) is 3.20. The Labute approximate surface area is 117 Å². The molecule has 2 atom stereocenters. The Morgan fingerprint density at radius 2 is 2.26 bits per heavy atom. The van der Waals surface area contributed by atoms with E-state index in [2.05, 4.69) is 14.6 Å². The second-order valence-corrected chi connectivity index (χ2v) is 6.30. The number of rotatable bonds is 4. The van der Waals surface area contributed by atoms with Gasteiger partial charge in [0, 0.05) is 31.1 Å². The third-order valence-corrected chi connectivity index (χ3v) is 4.39. The molecular weight excluding hydrogens is 262 g/mol. The van der Waals surface area contributed by atoms with Crippen molar-refractivity contribution in [2.75, 3.05) is 26.2 Å². The molecule has 2 fully saturated rings. The molecule has 5 nitrogen and oxygen atoms in total. The molecule has 1 aromatic heterocycles. The van der Waals surface area contributed by atoms with Gasteiger partial charge in [-0.1, -0.05) is 0 Å². The Bertz CT molecular complexity index is 450. The van der Waals surface area contributed by atoms with E-state index in [9.17, 15) is 4.79 Å². The fourth-order valence-corrected chi connectivity index (χ4v) is 3.32. The van der Waals surface area contributed by atoms with Gasteiger partial charge in [-0.05, 0) is 37.4 Å². The smallest absolute Gasteiger partial charge is 0.271 e. The highest BCUT2D eigenvalue weighted by Gasteiger charge is 2.33. The Morgan fingerprint density at radius 1 is 1.53 bits per heavy atom. The van der Waals surface area contributed by atoms with Gasteiger partial charge in [-0.2, -0.15) is 4.37 Å². The highest BCUT2D eigenvalue weighted by Crippen LogP contribution is 2.25. The van der Waals surface area contributed by atoms with Gasteiger partial charge in [-0.15, -0.1) is 0 Å². The van der Waals surface area contributed by atoms with Crippen LogP contribution in [0.25, 0.3) is 0 Å². The molecule has 2 saturated heterocycles. The Morgan fingerprint density at radius 3 is 2.89 bits per heavy atom. The Kier molecular flexibility index (Phi) is 3.81. The molecule has 0 spiro atoms. The first kappa shape index (κ1) is 13.0. The standard InChI is InChI=1S/C13H19N3O2S/c1-9-6-12(15-19-9)13(17)14-4-5-16-7-10-2-3-11(8-16)18-10/h6,10-11H,2-5,7-8H2,1H3,(H,14,17). The summed E-state index contributed by atoms with van der Waals surface area (Å²) in [6.45, 7) is 5.53. The Hall–Kier alpha value is -0.980. The maximum Gasteiger partial charge on any atom is 0.271 e. The van der Waals surface area contributed by atoms with E-state index in [-0.39, 0.29) is 5.91 Å². The van der Waals surface area contributed by atoms with Crippen LogP contribution in [0.15, 0.2) is 6.07 Å². The fraction of sp³-hybridized carbons (Fsp3) is 0.692. The number of fused-ring (bicyclic) bond motifs is 2. The number of aryl methyl sites for hydroxylation is 1. The normalized spacial score (nSPS) is 26.6. The monoisotopic (exact) mass is 281 g/mol. The van der Waals surface area contributed by atoms with Gasteiger partial charge in [-0.3, -0.25) is 9.69 Å². The van der Waals surface area contributed by atoms with Crippen LogP contribution in [0.2, 0.25) is 0 Å². The van der Waals surface area contributed by atoms with Crippen LogP contribution < -0.4 is 5.32 Å². The summed E-state index contributed by atoms with van der Waals surface area (Å²) in [7, 11) is 0. The summed E-state index contributed by atoms with van der Waals surface area (Å²) >= 11 is 1.37. The number of carbonyl (C=O) groups excluding carboxylic acids is 1. The predicted octanol–water partition coefficient (Wildman–Crippen LogP) is 1.04. The molecule has 19 heavy (non-hydrogen) atoms. The molecule has 2 bridgehead atoms. The highest BCUT2D eigenvalue weighted by atomic mass is 32.1. The molecule has 0 radical (unpaired) electrons. The first-order valence-corrected chi connectivity index (χ1v) is 7.57. The zero-order chi connectivity index (χ0) is 13.2. The van der Waals surface area contributed by atoms with Crippen LogP contribution >= 0.6 is 11.5 Å². The van der Waals surface area contributed by atoms with E-state index in [4.69, 9.17) is 4.74 Å². The zero-order valence-corrected chi connectivity index (χ0v) is 11.9. The molecule has 1 N–H and O–H groups in total. The van der Waals surface area contributed by atoms with Crippen molar-refractivity contribution in [1.82, 2.24) is 14.6 Å². The molecule has 0 aromatic carbocycles. The van der Waals surface area contributed by atoms with Crippen molar-refractivity contribution in [2.45, 2.75) is 32.0 Å². The van der Waals surface area contributed by atoms with Gasteiger partial charge >= 0.3 is 0 Å². The molecule has 6 heteroatoms. The number of nitrogens with one attached hydrogen (secondary N) is 1. The summed E-state index contributed by atoms with van der Waals surface area (Å²) in [5.74, 6) is -0.0689. The summed E-state index contributed by atoms with van der Waals surface area (Å²) in [6, 6.07) is 1.83. The fourth-order valence-electron chi connectivity index (χ4n) is 2.77. The van der Waals surface area contributed by atoms with Crippen LogP contribution in [-0.4, -0.2) is 53.6 Å². The first-order valence-electron chi connectivity index (χ1n) is 6.80. The zero-order valence-electron chi connectivity index (χ0n) is 11.1. The first-order chi connectivity index (χ1) is 9.20. The van der Waals surface area contributed by atoms with Gasteiger partial charge in [0.2, 0.25) is 0 Å². The number of nitrogens with zero attached hydrogens (tertiary/aromatic N) is 2. The van der Waals surface area contributed by atoms with Crippen molar-refractivity contribution >= 4 is 17.4 Å². The van der Waals surface area contributed by atoms with Gasteiger partial charge in [0.1, 0.15) is 5.69 Å². The van der Waals surface area contributed by atoms with Crippen molar-refractivity contribution < 1.29 is 9.53 Å². The van der Waals surface area contributed by atoms with Crippen molar-refractivity contribution in [3.05, 3.63) is 16.6 Å².